The molecule has 0 saturated carbocycles. The van der Waals surface area contributed by atoms with Gasteiger partial charge in [0, 0.05) is 34.1 Å². The molecule has 45 heavy (non-hydrogen) atoms. The second kappa shape index (κ2) is 14.5. The number of nitrogens with one attached hydrogen (secondary N) is 1. The van der Waals surface area contributed by atoms with Gasteiger partial charge in [0.1, 0.15) is 18.4 Å². The van der Waals surface area contributed by atoms with Gasteiger partial charge >= 0.3 is 0 Å². The maximum atomic E-state index is 15.2. The highest BCUT2D eigenvalue weighted by molar-refractivity contribution is 7.92. The van der Waals surface area contributed by atoms with Gasteiger partial charge in [-0.2, -0.15) is 0 Å². The fourth-order valence-corrected chi connectivity index (χ4v) is 6.71. The Bertz CT molecular complexity index is 1730. The van der Waals surface area contributed by atoms with Crippen molar-refractivity contribution >= 4 is 50.7 Å². The van der Waals surface area contributed by atoms with E-state index in [1.54, 1.807) is 24.3 Å². The van der Waals surface area contributed by atoms with Gasteiger partial charge in [-0.15, -0.1) is 0 Å². The predicted octanol–water partition coefficient (Wildman–Crippen LogP) is 6.88. The highest BCUT2D eigenvalue weighted by Crippen LogP contribution is 2.30. The summed E-state index contributed by atoms with van der Waals surface area (Å²) in [5.41, 5.74) is 0.166. The van der Waals surface area contributed by atoms with Crippen LogP contribution < -0.4 is 9.62 Å². The van der Waals surface area contributed by atoms with Crippen LogP contribution in [0.1, 0.15) is 31.9 Å². The summed E-state index contributed by atoms with van der Waals surface area (Å²) in [5, 5.41) is 3.47. The molecular formula is C34H34Cl2FN3O4S. The second-order valence-corrected chi connectivity index (χ2v) is 14.1. The van der Waals surface area contributed by atoms with Crippen LogP contribution in [0.15, 0.2) is 108 Å². The second-order valence-electron chi connectivity index (χ2n) is 11.4. The summed E-state index contributed by atoms with van der Waals surface area (Å²) in [6.45, 7) is 4.41. The molecular weight excluding hydrogens is 636 g/mol. The molecule has 1 N–H and O–H groups in total. The van der Waals surface area contributed by atoms with E-state index in [-0.39, 0.29) is 33.6 Å². The quantitative estimate of drug-likeness (QED) is 0.189. The third-order valence-electron chi connectivity index (χ3n) is 6.89. The van der Waals surface area contributed by atoms with Gasteiger partial charge in [-0.25, -0.2) is 12.8 Å². The van der Waals surface area contributed by atoms with E-state index >= 15 is 4.39 Å². The number of para-hydroxylation sites is 1. The van der Waals surface area contributed by atoms with Crippen LogP contribution in [0.25, 0.3) is 0 Å². The van der Waals surface area contributed by atoms with Crippen LogP contribution in [0.4, 0.5) is 10.1 Å². The molecule has 0 saturated heterocycles. The number of amides is 2. The van der Waals surface area contributed by atoms with E-state index in [0.29, 0.717) is 5.56 Å². The molecule has 0 fully saturated rings. The zero-order valence-electron chi connectivity index (χ0n) is 25.1. The Kier molecular flexibility index (Phi) is 10.9. The number of benzene rings is 4. The molecule has 1 unspecified atom stereocenters. The fourth-order valence-electron chi connectivity index (χ4n) is 4.75. The topological polar surface area (TPSA) is 86.8 Å². The number of carbonyl (C=O) groups is 2. The lowest BCUT2D eigenvalue weighted by Crippen LogP contribution is -2.56. The largest absolute Gasteiger partial charge is 0.350 e. The minimum Gasteiger partial charge on any atom is -0.350 e. The molecule has 4 aromatic rings. The number of rotatable bonds is 11. The zero-order chi connectivity index (χ0) is 32.8. The summed E-state index contributed by atoms with van der Waals surface area (Å²) in [7, 11) is -4.43. The molecule has 0 heterocycles. The molecule has 0 aliphatic heterocycles. The van der Waals surface area contributed by atoms with Crippen LogP contribution in [0.5, 0.6) is 0 Å². The molecule has 0 aliphatic carbocycles. The minimum absolute atomic E-state index is 0.0989. The van der Waals surface area contributed by atoms with Crippen molar-refractivity contribution in [2.45, 2.75) is 50.2 Å². The van der Waals surface area contributed by atoms with Crippen molar-refractivity contribution in [2.75, 3.05) is 10.8 Å². The molecule has 4 aromatic carbocycles. The maximum absolute atomic E-state index is 15.2. The number of nitrogens with zero attached hydrogens (tertiary/aromatic N) is 2. The van der Waals surface area contributed by atoms with Crippen molar-refractivity contribution in [3.8, 4) is 0 Å². The normalized spacial score (nSPS) is 12.3. The van der Waals surface area contributed by atoms with Crippen molar-refractivity contribution < 1.29 is 22.4 Å². The number of hydrogen-bond donors (Lipinski definition) is 1. The van der Waals surface area contributed by atoms with Crippen LogP contribution in [-0.2, 0) is 32.6 Å². The highest BCUT2D eigenvalue weighted by atomic mass is 35.5. The third kappa shape index (κ3) is 8.63. The first-order chi connectivity index (χ1) is 21.3. The van der Waals surface area contributed by atoms with E-state index in [9.17, 15) is 18.0 Å². The number of halogens is 3. The molecule has 236 valence electrons. The Morgan fingerprint density at radius 2 is 1.38 bits per heavy atom. The molecule has 0 radical (unpaired) electrons. The summed E-state index contributed by atoms with van der Waals surface area (Å²) in [6.07, 6.45) is 0.0989. The standard InChI is InChI=1S/C34H34Cl2FN3O4S/c1-34(2,3)38-33(42)31(21-24-13-6-4-7-14-24)39(22-26-27(35)17-12-18-28(26)36)32(41)23-40(30-20-11-10-19-29(30)37)45(43,44)25-15-8-5-9-16-25/h4-20,31H,21-23H2,1-3H3,(H,38,42). The van der Waals surface area contributed by atoms with E-state index in [2.05, 4.69) is 5.32 Å². The first-order valence-electron chi connectivity index (χ1n) is 14.2. The average molecular weight is 671 g/mol. The first kappa shape index (κ1) is 34.0. The van der Waals surface area contributed by atoms with E-state index in [0.717, 1.165) is 15.9 Å². The average Bonchev–Trinajstić information content (AvgIpc) is 2.99. The van der Waals surface area contributed by atoms with Crippen LogP contribution >= 0.6 is 23.2 Å². The van der Waals surface area contributed by atoms with E-state index in [1.807, 2.05) is 51.1 Å². The highest BCUT2D eigenvalue weighted by Gasteiger charge is 2.36. The molecule has 2 amide bonds. The maximum Gasteiger partial charge on any atom is 0.264 e. The monoisotopic (exact) mass is 669 g/mol. The van der Waals surface area contributed by atoms with Gasteiger partial charge in [0.2, 0.25) is 11.8 Å². The molecule has 4 rings (SSSR count). The van der Waals surface area contributed by atoms with Crippen LogP contribution in [-0.4, -0.2) is 43.3 Å². The number of hydrogen-bond acceptors (Lipinski definition) is 4. The van der Waals surface area contributed by atoms with Gasteiger partial charge in [-0.1, -0.05) is 89.9 Å². The summed E-state index contributed by atoms with van der Waals surface area (Å²) >= 11 is 13.1. The summed E-state index contributed by atoms with van der Waals surface area (Å²) < 4.78 is 43.9. The lowest BCUT2D eigenvalue weighted by atomic mass is 10.0. The van der Waals surface area contributed by atoms with Crippen molar-refractivity contribution in [1.29, 1.82) is 0 Å². The molecule has 7 nitrogen and oxygen atoms in total. The van der Waals surface area contributed by atoms with Crippen LogP contribution in [0.3, 0.4) is 0 Å². The summed E-state index contributed by atoms with van der Waals surface area (Å²) in [4.78, 5) is 29.5. The summed E-state index contributed by atoms with van der Waals surface area (Å²) in [5.74, 6) is -2.07. The first-order valence-corrected chi connectivity index (χ1v) is 16.4. The van der Waals surface area contributed by atoms with Crippen LogP contribution in [0, 0.1) is 5.82 Å². The SMILES string of the molecule is CC(C)(C)NC(=O)C(Cc1ccccc1)N(Cc1c(Cl)cccc1Cl)C(=O)CN(c1ccccc1F)S(=O)(=O)c1ccccc1. The van der Waals surface area contributed by atoms with Gasteiger partial charge in [-0.3, -0.25) is 13.9 Å². The lowest BCUT2D eigenvalue weighted by Gasteiger charge is -2.35. The Morgan fingerprint density at radius 3 is 1.96 bits per heavy atom. The molecule has 0 aromatic heterocycles. The van der Waals surface area contributed by atoms with Gasteiger partial charge in [0.05, 0.1) is 10.6 Å². The molecule has 11 heteroatoms. The Balaban J connectivity index is 1.86. The number of carbonyl (C=O) groups excluding carboxylic acids is 2. The molecule has 0 bridgehead atoms. The number of anilines is 1. The van der Waals surface area contributed by atoms with Crippen LogP contribution in [0.2, 0.25) is 10.0 Å². The van der Waals surface area contributed by atoms with E-state index in [4.69, 9.17) is 23.2 Å². The fraction of sp³-hybridized carbons (Fsp3) is 0.235. The number of sulfonamides is 1. The molecule has 1 atom stereocenters. The van der Waals surface area contributed by atoms with E-state index in [1.165, 1.54) is 47.4 Å². The van der Waals surface area contributed by atoms with Crippen molar-refractivity contribution in [2.24, 2.45) is 0 Å². The van der Waals surface area contributed by atoms with Gasteiger partial charge in [0.15, 0.2) is 0 Å². The Morgan fingerprint density at radius 1 is 0.822 bits per heavy atom. The summed E-state index contributed by atoms with van der Waals surface area (Å²) in [6, 6.07) is 25.6. The molecule has 0 aliphatic rings. The predicted molar refractivity (Wildman–Crippen MR) is 176 cm³/mol. The van der Waals surface area contributed by atoms with Crippen molar-refractivity contribution in [1.82, 2.24) is 10.2 Å². The van der Waals surface area contributed by atoms with Gasteiger partial charge in [0.25, 0.3) is 10.0 Å². The van der Waals surface area contributed by atoms with Gasteiger partial charge in [-0.05, 0) is 62.7 Å². The Labute approximate surface area is 273 Å². The minimum atomic E-state index is -4.43. The zero-order valence-corrected chi connectivity index (χ0v) is 27.4. The van der Waals surface area contributed by atoms with E-state index < -0.39 is 45.8 Å². The lowest BCUT2D eigenvalue weighted by molar-refractivity contribution is -0.140. The molecule has 0 spiro atoms. The van der Waals surface area contributed by atoms with Gasteiger partial charge < -0.3 is 10.2 Å². The third-order valence-corrected chi connectivity index (χ3v) is 9.37. The smallest absolute Gasteiger partial charge is 0.264 e. The van der Waals surface area contributed by atoms with Crippen molar-refractivity contribution in [3.05, 3.63) is 130 Å². The van der Waals surface area contributed by atoms with Crippen molar-refractivity contribution in [3.63, 3.8) is 0 Å². The Hall–Kier alpha value is -3.92.